The molecule has 0 radical (unpaired) electrons. The largest absolute Gasteiger partial charge is 0.462 e. The predicted octanol–water partition coefficient (Wildman–Crippen LogP) is 5.03. The van der Waals surface area contributed by atoms with E-state index in [0.717, 1.165) is 21.6 Å². The molecule has 1 aliphatic rings. The molecule has 7 heteroatoms. The van der Waals surface area contributed by atoms with Crippen molar-refractivity contribution in [2.24, 2.45) is 0 Å². The van der Waals surface area contributed by atoms with Crippen molar-refractivity contribution in [3.05, 3.63) is 87.8 Å². The molecule has 0 spiro atoms. The Morgan fingerprint density at radius 3 is 2.50 bits per heavy atom. The molecule has 0 bridgehead atoms. The summed E-state index contributed by atoms with van der Waals surface area (Å²) in [6.45, 7) is 2.18. The Labute approximate surface area is 203 Å². The van der Waals surface area contributed by atoms with Crippen molar-refractivity contribution in [2.75, 3.05) is 18.5 Å². The Balaban J connectivity index is 1.55. The summed E-state index contributed by atoms with van der Waals surface area (Å²) in [4.78, 5) is 26.4. The molecule has 4 rings (SSSR count). The lowest BCUT2D eigenvalue weighted by atomic mass is 9.70. The second-order valence-electron chi connectivity index (χ2n) is 8.19. The third-order valence-electron chi connectivity index (χ3n) is 5.97. The van der Waals surface area contributed by atoms with Crippen LogP contribution in [0.15, 0.2) is 60.7 Å². The van der Waals surface area contributed by atoms with Gasteiger partial charge in [-0.1, -0.05) is 60.7 Å². The molecule has 0 fully saturated rings. The van der Waals surface area contributed by atoms with E-state index in [-0.39, 0.29) is 19.1 Å². The SMILES string of the molecule is CCOC(=O)c1c(NC(=O)COCc2ccccc2)sc2c1CC[C@](C#N)(c1ccccc1)C2. The molecule has 0 unspecified atom stereocenters. The van der Waals surface area contributed by atoms with E-state index in [1.165, 1.54) is 11.3 Å². The lowest BCUT2D eigenvalue weighted by Crippen LogP contribution is -2.31. The molecule has 1 aromatic heterocycles. The van der Waals surface area contributed by atoms with Crippen molar-refractivity contribution in [1.82, 2.24) is 0 Å². The second-order valence-corrected chi connectivity index (χ2v) is 9.30. The number of amides is 1. The van der Waals surface area contributed by atoms with Gasteiger partial charge in [-0.05, 0) is 36.5 Å². The zero-order valence-electron chi connectivity index (χ0n) is 19.0. The Kier molecular flexibility index (Phi) is 7.41. The summed E-state index contributed by atoms with van der Waals surface area (Å²) < 4.78 is 10.8. The van der Waals surface area contributed by atoms with E-state index in [9.17, 15) is 14.9 Å². The van der Waals surface area contributed by atoms with E-state index in [2.05, 4.69) is 11.4 Å². The fraction of sp³-hybridized carbons (Fsp3) is 0.296. The number of esters is 1. The van der Waals surface area contributed by atoms with Crippen molar-refractivity contribution in [3.8, 4) is 6.07 Å². The van der Waals surface area contributed by atoms with E-state index in [4.69, 9.17) is 9.47 Å². The quantitative estimate of drug-likeness (QED) is 0.463. The summed E-state index contributed by atoms with van der Waals surface area (Å²) in [5.41, 5.74) is 2.55. The molecule has 3 aromatic rings. The van der Waals surface area contributed by atoms with Crippen LogP contribution in [0.25, 0.3) is 0 Å². The number of ether oxygens (including phenoxy) is 2. The van der Waals surface area contributed by atoms with Crippen LogP contribution in [0.5, 0.6) is 0 Å². The van der Waals surface area contributed by atoms with Gasteiger partial charge in [-0.25, -0.2) is 4.79 Å². The summed E-state index contributed by atoms with van der Waals surface area (Å²) in [7, 11) is 0. The van der Waals surface area contributed by atoms with Crippen LogP contribution >= 0.6 is 11.3 Å². The number of carbonyl (C=O) groups is 2. The summed E-state index contributed by atoms with van der Waals surface area (Å²) in [5, 5.41) is 13.4. The molecule has 1 aliphatic carbocycles. The fourth-order valence-electron chi connectivity index (χ4n) is 4.29. The molecule has 1 heterocycles. The van der Waals surface area contributed by atoms with Crippen molar-refractivity contribution in [3.63, 3.8) is 0 Å². The van der Waals surface area contributed by atoms with Gasteiger partial charge < -0.3 is 14.8 Å². The van der Waals surface area contributed by atoms with Crippen LogP contribution in [-0.2, 0) is 39.1 Å². The number of carbonyl (C=O) groups excluding carboxylic acids is 2. The van der Waals surface area contributed by atoms with Crippen LogP contribution < -0.4 is 5.32 Å². The minimum Gasteiger partial charge on any atom is -0.462 e. The number of rotatable bonds is 8. The Bertz CT molecular complexity index is 1200. The number of fused-ring (bicyclic) bond motifs is 1. The van der Waals surface area contributed by atoms with Gasteiger partial charge in [0.25, 0.3) is 5.91 Å². The first-order valence-electron chi connectivity index (χ1n) is 11.3. The monoisotopic (exact) mass is 474 g/mol. The lowest BCUT2D eigenvalue weighted by Gasteiger charge is -2.31. The Hall–Kier alpha value is -3.47. The first-order valence-corrected chi connectivity index (χ1v) is 12.1. The first kappa shape index (κ1) is 23.7. The van der Waals surface area contributed by atoms with E-state index in [1.54, 1.807) is 6.92 Å². The van der Waals surface area contributed by atoms with E-state index >= 15 is 0 Å². The second kappa shape index (κ2) is 10.6. The van der Waals surface area contributed by atoms with E-state index in [0.29, 0.717) is 36.4 Å². The average Bonchev–Trinajstić information content (AvgIpc) is 3.21. The number of nitrogens with one attached hydrogen (secondary N) is 1. The molecule has 1 atom stereocenters. The highest BCUT2D eigenvalue weighted by atomic mass is 32.1. The van der Waals surface area contributed by atoms with Crippen LogP contribution in [0.2, 0.25) is 0 Å². The smallest absolute Gasteiger partial charge is 0.341 e. The molecular weight excluding hydrogens is 448 g/mol. The number of benzene rings is 2. The standard InChI is InChI=1S/C27H26N2O4S/c1-2-33-26(31)24-21-13-14-27(18-28,20-11-7-4-8-12-20)15-22(21)34-25(24)29-23(30)17-32-16-19-9-5-3-6-10-19/h3-12H,2,13-17H2,1H3,(H,29,30)/t27-/m0/s1. The molecule has 1 N–H and O–H groups in total. The van der Waals surface area contributed by atoms with Crippen molar-refractivity contribution in [2.45, 2.75) is 38.2 Å². The maximum absolute atomic E-state index is 12.8. The number of nitriles is 1. The van der Waals surface area contributed by atoms with Gasteiger partial charge in [-0.15, -0.1) is 11.3 Å². The Morgan fingerprint density at radius 1 is 1.12 bits per heavy atom. The van der Waals surface area contributed by atoms with Crippen molar-refractivity contribution < 1.29 is 19.1 Å². The molecule has 0 saturated heterocycles. The van der Waals surface area contributed by atoms with Crippen LogP contribution in [-0.4, -0.2) is 25.1 Å². The summed E-state index contributed by atoms with van der Waals surface area (Å²) in [5.74, 6) is -0.792. The van der Waals surface area contributed by atoms with Crippen LogP contribution in [0, 0.1) is 11.3 Å². The third-order valence-corrected chi connectivity index (χ3v) is 7.12. The van der Waals surface area contributed by atoms with Gasteiger partial charge in [-0.2, -0.15) is 5.26 Å². The van der Waals surface area contributed by atoms with Crippen molar-refractivity contribution in [1.29, 1.82) is 5.26 Å². The lowest BCUT2D eigenvalue weighted by molar-refractivity contribution is -0.120. The molecule has 2 aromatic carbocycles. The zero-order valence-corrected chi connectivity index (χ0v) is 19.8. The number of nitrogens with zero attached hydrogens (tertiary/aromatic N) is 1. The molecule has 0 saturated carbocycles. The number of hydrogen-bond donors (Lipinski definition) is 1. The highest BCUT2D eigenvalue weighted by Crippen LogP contribution is 2.45. The number of anilines is 1. The fourth-order valence-corrected chi connectivity index (χ4v) is 5.66. The van der Waals surface area contributed by atoms with Crippen LogP contribution in [0.3, 0.4) is 0 Å². The average molecular weight is 475 g/mol. The van der Waals surface area contributed by atoms with Gasteiger partial charge in [0.1, 0.15) is 11.6 Å². The molecule has 174 valence electrons. The van der Waals surface area contributed by atoms with Gasteiger partial charge >= 0.3 is 5.97 Å². The molecule has 0 aliphatic heterocycles. The third kappa shape index (κ3) is 5.04. The zero-order chi connectivity index (χ0) is 24.0. The highest BCUT2D eigenvalue weighted by molar-refractivity contribution is 7.17. The first-order chi connectivity index (χ1) is 16.6. The van der Waals surface area contributed by atoms with Gasteiger partial charge in [0.2, 0.25) is 0 Å². The van der Waals surface area contributed by atoms with Gasteiger partial charge in [0.05, 0.1) is 30.3 Å². The minimum atomic E-state index is -0.662. The van der Waals surface area contributed by atoms with Gasteiger partial charge in [0.15, 0.2) is 0 Å². The topological polar surface area (TPSA) is 88.4 Å². The van der Waals surface area contributed by atoms with Crippen LogP contribution in [0.1, 0.15) is 45.3 Å². The van der Waals surface area contributed by atoms with E-state index < -0.39 is 11.4 Å². The molecule has 6 nitrogen and oxygen atoms in total. The van der Waals surface area contributed by atoms with Gasteiger partial charge in [0, 0.05) is 11.3 Å². The van der Waals surface area contributed by atoms with E-state index in [1.807, 2.05) is 60.7 Å². The number of hydrogen-bond acceptors (Lipinski definition) is 6. The molecule has 1 amide bonds. The molecule has 34 heavy (non-hydrogen) atoms. The van der Waals surface area contributed by atoms with Gasteiger partial charge in [-0.3, -0.25) is 4.79 Å². The minimum absolute atomic E-state index is 0.133. The summed E-state index contributed by atoms with van der Waals surface area (Å²) in [6, 6.07) is 21.9. The maximum Gasteiger partial charge on any atom is 0.341 e. The maximum atomic E-state index is 12.8. The number of thiophene rings is 1. The van der Waals surface area contributed by atoms with Crippen molar-refractivity contribution >= 4 is 28.2 Å². The Morgan fingerprint density at radius 2 is 1.82 bits per heavy atom. The summed E-state index contributed by atoms with van der Waals surface area (Å²) >= 11 is 1.35. The highest BCUT2D eigenvalue weighted by Gasteiger charge is 2.40. The van der Waals surface area contributed by atoms with Crippen LogP contribution in [0.4, 0.5) is 5.00 Å². The predicted molar refractivity (Wildman–Crippen MR) is 131 cm³/mol. The molecular formula is C27H26N2O4S. The summed E-state index contributed by atoms with van der Waals surface area (Å²) in [6.07, 6.45) is 1.64. The normalized spacial score (nSPS) is 16.8.